The molecule has 2 heterocycles. The minimum Gasteiger partial charge on any atom is -0.466 e. The molecule has 2 aliphatic heterocycles. The Morgan fingerprint density at radius 2 is 1.93 bits per heavy atom. The second kappa shape index (κ2) is 8.47. The molecule has 3 rings (SSSR count). The van der Waals surface area contributed by atoms with Crippen LogP contribution < -0.4 is 10.2 Å². The number of esters is 1. The van der Waals surface area contributed by atoms with Gasteiger partial charge in [0.15, 0.2) is 5.11 Å². The summed E-state index contributed by atoms with van der Waals surface area (Å²) in [7, 11) is 0. The highest BCUT2D eigenvalue weighted by atomic mass is 32.1. The summed E-state index contributed by atoms with van der Waals surface area (Å²) in [6.07, 6.45) is 2.66. The lowest BCUT2D eigenvalue weighted by molar-refractivity contribution is -0.149. The third kappa shape index (κ3) is 4.19. The highest BCUT2D eigenvalue weighted by molar-refractivity contribution is 7.80. The third-order valence-electron chi connectivity index (χ3n) is 4.65. The molecular formula is C19H20FN3O4S. The van der Waals surface area contributed by atoms with E-state index in [9.17, 15) is 18.8 Å². The predicted molar refractivity (Wildman–Crippen MR) is 104 cm³/mol. The van der Waals surface area contributed by atoms with Gasteiger partial charge in [0.2, 0.25) is 0 Å². The summed E-state index contributed by atoms with van der Waals surface area (Å²) >= 11 is 5.11. The van der Waals surface area contributed by atoms with Gasteiger partial charge in [0.25, 0.3) is 11.8 Å². The van der Waals surface area contributed by atoms with Crippen LogP contribution in [-0.2, 0) is 19.1 Å². The summed E-state index contributed by atoms with van der Waals surface area (Å²) in [6, 6.07) is 5.26. The molecule has 1 aromatic carbocycles. The normalized spacial score (nSPS) is 19.8. The molecule has 2 saturated heterocycles. The maximum absolute atomic E-state index is 13.2. The van der Waals surface area contributed by atoms with Gasteiger partial charge in [0.1, 0.15) is 11.4 Å². The average molecular weight is 405 g/mol. The smallest absolute Gasteiger partial charge is 0.309 e. The van der Waals surface area contributed by atoms with Crippen molar-refractivity contribution in [2.24, 2.45) is 5.92 Å². The summed E-state index contributed by atoms with van der Waals surface area (Å²) in [5.74, 6) is -1.99. The molecule has 0 saturated carbocycles. The number of likely N-dealkylation sites (tertiary alicyclic amines) is 1. The zero-order chi connectivity index (χ0) is 20.3. The van der Waals surface area contributed by atoms with E-state index in [0.29, 0.717) is 38.2 Å². The van der Waals surface area contributed by atoms with Crippen molar-refractivity contribution in [2.45, 2.75) is 19.8 Å². The van der Waals surface area contributed by atoms with E-state index < -0.39 is 17.6 Å². The van der Waals surface area contributed by atoms with Crippen molar-refractivity contribution in [1.82, 2.24) is 10.2 Å². The second-order valence-corrected chi connectivity index (χ2v) is 6.87. The number of thiocarbonyl (C=S) groups is 1. The first-order chi connectivity index (χ1) is 13.4. The van der Waals surface area contributed by atoms with Gasteiger partial charge in [-0.25, -0.2) is 4.39 Å². The molecule has 2 fully saturated rings. The number of ether oxygens (including phenoxy) is 1. The van der Waals surface area contributed by atoms with Crippen molar-refractivity contribution in [3.05, 3.63) is 41.9 Å². The zero-order valence-corrected chi connectivity index (χ0v) is 16.1. The fourth-order valence-electron chi connectivity index (χ4n) is 3.18. The van der Waals surface area contributed by atoms with Crippen LogP contribution in [0.4, 0.5) is 10.1 Å². The van der Waals surface area contributed by atoms with Crippen molar-refractivity contribution in [2.75, 3.05) is 24.6 Å². The standard InChI is InChI=1S/C19H20FN3O4S/c1-2-27-18(26)12-7-9-22(10-8-12)11-15-16(24)21-19(28)23(17(15)25)14-5-3-13(20)4-6-14/h3-6,11-12H,2,7-10H2,1H3,(H,21,24,28)/b15-11+. The second-order valence-electron chi connectivity index (χ2n) is 6.48. The topological polar surface area (TPSA) is 79.0 Å². The summed E-state index contributed by atoms with van der Waals surface area (Å²) in [4.78, 5) is 40.0. The Hall–Kier alpha value is -2.81. The molecule has 0 bridgehead atoms. The Morgan fingerprint density at radius 3 is 2.54 bits per heavy atom. The lowest BCUT2D eigenvalue weighted by atomic mass is 9.97. The minimum atomic E-state index is -0.583. The Balaban J connectivity index is 1.75. The van der Waals surface area contributed by atoms with Gasteiger partial charge in [-0.3, -0.25) is 24.6 Å². The maximum atomic E-state index is 13.2. The van der Waals surface area contributed by atoms with Gasteiger partial charge in [-0.15, -0.1) is 0 Å². The molecule has 0 unspecified atom stereocenters. The van der Waals surface area contributed by atoms with Crippen LogP contribution in [0.5, 0.6) is 0 Å². The molecule has 2 aliphatic rings. The van der Waals surface area contributed by atoms with Crippen molar-refractivity contribution in [1.29, 1.82) is 0 Å². The maximum Gasteiger partial charge on any atom is 0.309 e. The van der Waals surface area contributed by atoms with E-state index in [-0.39, 0.29) is 22.6 Å². The summed E-state index contributed by atoms with van der Waals surface area (Å²) < 4.78 is 18.2. The Kier molecular flexibility index (Phi) is 6.03. The minimum absolute atomic E-state index is 0.0558. The average Bonchev–Trinajstić information content (AvgIpc) is 2.67. The van der Waals surface area contributed by atoms with Crippen molar-refractivity contribution < 1.29 is 23.5 Å². The monoisotopic (exact) mass is 405 g/mol. The SMILES string of the molecule is CCOC(=O)C1CCN(/C=C2\C(=O)NC(=S)N(c3ccc(F)cc3)C2=O)CC1. The fourth-order valence-corrected chi connectivity index (χ4v) is 3.46. The predicted octanol–water partition coefficient (Wildman–Crippen LogP) is 1.73. The van der Waals surface area contributed by atoms with Crippen LogP contribution >= 0.6 is 12.2 Å². The van der Waals surface area contributed by atoms with E-state index in [1.165, 1.54) is 30.5 Å². The van der Waals surface area contributed by atoms with Crippen LogP contribution in [-0.4, -0.2) is 47.5 Å². The molecule has 0 atom stereocenters. The molecule has 2 amide bonds. The zero-order valence-electron chi connectivity index (χ0n) is 15.3. The Labute approximate surface area is 167 Å². The van der Waals surface area contributed by atoms with Crippen LogP contribution in [0, 0.1) is 11.7 Å². The number of halogens is 1. The van der Waals surface area contributed by atoms with Crippen LogP contribution in [0.2, 0.25) is 0 Å². The van der Waals surface area contributed by atoms with Gasteiger partial charge in [0, 0.05) is 19.3 Å². The Bertz CT molecular complexity index is 832. The molecular weight excluding hydrogens is 385 g/mol. The number of benzene rings is 1. The van der Waals surface area contributed by atoms with Crippen LogP contribution in [0.3, 0.4) is 0 Å². The number of carbonyl (C=O) groups is 3. The third-order valence-corrected chi connectivity index (χ3v) is 4.93. The highest BCUT2D eigenvalue weighted by Crippen LogP contribution is 2.23. The Morgan fingerprint density at radius 1 is 1.29 bits per heavy atom. The lowest BCUT2D eigenvalue weighted by Gasteiger charge is -2.33. The molecule has 7 nitrogen and oxygen atoms in total. The molecule has 1 aromatic rings. The fraction of sp³-hybridized carbons (Fsp3) is 0.368. The van der Waals surface area contributed by atoms with Gasteiger partial charge >= 0.3 is 5.97 Å². The molecule has 0 radical (unpaired) electrons. The van der Waals surface area contributed by atoms with E-state index in [1.807, 2.05) is 4.90 Å². The van der Waals surface area contributed by atoms with Gasteiger partial charge in [-0.05, 0) is 56.2 Å². The number of piperidine rings is 1. The molecule has 0 aromatic heterocycles. The van der Waals surface area contributed by atoms with Crippen molar-refractivity contribution in [3.63, 3.8) is 0 Å². The molecule has 148 valence electrons. The largest absolute Gasteiger partial charge is 0.466 e. The number of carbonyl (C=O) groups excluding carboxylic acids is 3. The van der Waals surface area contributed by atoms with Crippen LogP contribution in [0.15, 0.2) is 36.0 Å². The number of anilines is 1. The molecule has 9 heteroatoms. The van der Waals surface area contributed by atoms with E-state index in [4.69, 9.17) is 17.0 Å². The first-order valence-electron chi connectivity index (χ1n) is 8.98. The summed E-state index contributed by atoms with van der Waals surface area (Å²) in [5.41, 5.74) is 0.302. The van der Waals surface area contributed by atoms with Gasteiger partial charge < -0.3 is 9.64 Å². The van der Waals surface area contributed by atoms with Gasteiger partial charge in [0.05, 0.1) is 18.2 Å². The number of amides is 2. The summed E-state index contributed by atoms with van der Waals surface area (Å²) in [5, 5.41) is 2.44. The van der Waals surface area contributed by atoms with Gasteiger partial charge in [-0.2, -0.15) is 0 Å². The van der Waals surface area contributed by atoms with Crippen molar-refractivity contribution in [3.8, 4) is 0 Å². The van der Waals surface area contributed by atoms with E-state index in [2.05, 4.69) is 5.32 Å². The highest BCUT2D eigenvalue weighted by Gasteiger charge is 2.35. The molecule has 0 spiro atoms. The van der Waals surface area contributed by atoms with Crippen LogP contribution in [0.25, 0.3) is 0 Å². The quantitative estimate of drug-likeness (QED) is 0.356. The van der Waals surface area contributed by atoms with E-state index in [1.54, 1.807) is 6.92 Å². The lowest BCUT2D eigenvalue weighted by Crippen LogP contribution is -2.54. The molecule has 0 aliphatic carbocycles. The first-order valence-corrected chi connectivity index (χ1v) is 9.39. The molecule has 28 heavy (non-hydrogen) atoms. The van der Waals surface area contributed by atoms with E-state index >= 15 is 0 Å². The number of hydrogen-bond donors (Lipinski definition) is 1. The molecule has 1 N–H and O–H groups in total. The number of rotatable bonds is 4. The first kappa shape index (κ1) is 19.9. The number of nitrogens with one attached hydrogen (secondary N) is 1. The summed E-state index contributed by atoms with van der Waals surface area (Å²) in [6.45, 7) is 3.15. The van der Waals surface area contributed by atoms with E-state index in [0.717, 1.165) is 4.90 Å². The number of hydrogen-bond acceptors (Lipinski definition) is 6. The van der Waals surface area contributed by atoms with Crippen molar-refractivity contribution >= 4 is 40.8 Å². The van der Waals surface area contributed by atoms with Crippen LogP contribution in [0.1, 0.15) is 19.8 Å². The number of nitrogens with zero attached hydrogens (tertiary/aromatic N) is 2. The van der Waals surface area contributed by atoms with Gasteiger partial charge in [-0.1, -0.05) is 0 Å².